The van der Waals surface area contributed by atoms with Crippen LogP contribution in [0.3, 0.4) is 0 Å². The number of aliphatic carboxylic acids is 1. The number of fused-ring (bicyclic) bond motifs is 1. The van der Waals surface area contributed by atoms with Gasteiger partial charge < -0.3 is 20.2 Å². The predicted molar refractivity (Wildman–Crippen MR) is 157 cm³/mol. The zero-order valence-electron chi connectivity index (χ0n) is 21.9. The van der Waals surface area contributed by atoms with E-state index < -0.39 is 23.0 Å². The van der Waals surface area contributed by atoms with E-state index in [1.54, 1.807) is 47.5 Å². The lowest BCUT2D eigenvalue weighted by Crippen LogP contribution is -2.52. The number of carbonyl (C=O) groups is 3. The van der Waals surface area contributed by atoms with Crippen LogP contribution in [0.1, 0.15) is 26.4 Å². The first-order valence-corrected chi connectivity index (χ1v) is 14.9. The van der Waals surface area contributed by atoms with Gasteiger partial charge >= 0.3 is 5.97 Å². The first-order valence-electron chi connectivity index (χ1n) is 13.1. The van der Waals surface area contributed by atoms with Crippen LogP contribution < -0.4 is 5.32 Å². The van der Waals surface area contributed by atoms with Gasteiger partial charge in [0.1, 0.15) is 16.8 Å². The lowest BCUT2D eigenvalue weighted by molar-refractivity contribution is -0.135. The van der Waals surface area contributed by atoms with Crippen molar-refractivity contribution in [3.05, 3.63) is 122 Å². The zero-order chi connectivity index (χ0) is 28.6. The third-order valence-corrected chi connectivity index (χ3v) is 9.32. The van der Waals surface area contributed by atoms with Crippen molar-refractivity contribution >= 4 is 46.0 Å². The van der Waals surface area contributed by atoms with Gasteiger partial charge in [-0.15, -0.1) is 11.3 Å². The molecular weight excluding hydrogens is 561 g/mol. The van der Waals surface area contributed by atoms with Crippen LogP contribution in [0.4, 0.5) is 4.39 Å². The molecule has 2 aromatic heterocycles. The van der Waals surface area contributed by atoms with Gasteiger partial charge in [-0.1, -0.05) is 30.4 Å². The largest absolute Gasteiger partial charge is 0.477 e. The number of benzene rings is 1. The number of carbonyl (C=O) groups excluding carboxylic acids is 2. The summed E-state index contributed by atoms with van der Waals surface area (Å²) in [5.41, 5.74) is 1.36. The Labute approximate surface area is 244 Å². The number of amides is 1. The Morgan fingerprint density at radius 1 is 1.02 bits per heavy atom. The second-order valence-corrected chi connectivity index (χ2v) is 11.7. The Kier molecular flexibility index (Phi) is 7.19. The maximum absolute atomic E-state index is 14.7. The molecule has 2 N–H and O–H groups in total. The van der Waals surface area contributed by atoms with Gasteiger partial charge in [-0.25, -0.2) is 9.18 Å². The second-order valence-electron chi connectivity index (χ2n) is 9.99. The topological polar surface area (TPSA) is 89.9 Å². The van der Waals surface area contributed by atoms with Gasteiger partial charge in [0.05, 0.1) is 10.6 Å². The molecule has 3 aliphatic rings. The monoisotopic (exact) mass is 587 g/mol. The molecule has 1 atom stereocenters. The second kappa shape index (κ2) is 10.9. The number of nitrogens with one attached hydrogen (secondary N) is 1. The number of piperazine rings is 1. The molecule has 1 unspecified atom stereocenters. The molecule has 208 valence electrons. The van der Waals surface area contributed by atoms with Gasteiger partial charge in [0, 0.05) is 49.0 Å². The van der Waals surface area contributed by atoms with E-state index in [-0.39, 0.29) is 17.9 Å². The summed E-state index contributed by atoms with van der Waals surface area (Å²) in [4.78, 5) is 44.9. The van der Waals surface area contributed by atoms with E-state index in [0.29, 0.717) is 59.1 Å². The number of ketones is 1. The maximum atomic E-state index is 14.7. The van der Waals surface area contributed by atoms with Crippen molar-refractivity contribution in [1.82, 2.24) is 15.1 Å². The van der Waals surface area contributed by atoms with Crippen LogP contribution in [0, 0.1) is 5.82 Å². The van der Waals surface area contributed by atoms with E-state index in [1.807, 2.05) is 33.2 Å². The quantitative estimate of drug-likeness (QED) is 0.402. The smallest absolute Gasteiger partial charge is 0.341 e. The van der Waals surface area contributed by atoms with Crippen molar-refractivity contribution in [2.45, 2.75) is 11.8 Å². The van der Waals surface area contributed by atoms with E-state index in [4.69, 9.17) is 0 Å². The van der Waals surface area contributed by atoms with Gasteiger partial charge in [-0.3, -0.25) is 9.59 Å². The number of hydrogen-bond donors (Lipinski definition) is 2. The van der Waals surface area contributed by atoms with Crippen molar-refractivity contribution in [2.75, 3.05) is 26.2 Å². The number of rotatable bonds is 6. The average molecular weight is 588 g/mol. The standard InChI is InChI=1S/C31H26FN3O4S2/c32-21-9-7-20(8-10-21)17-31(25-6-2-1-3-11-33-25)23-19-40-18-22(23)27(26(28(31)36)30(38)39)34-12-14-35(15-13-34)29(37)24-5-4-16-41-24/h1-11,16,18-19,33H,12-15,17H2,(H,38,39). The Bertz CT molecular complexity index is 1630. The molecule has 7 nitrogen and oxygen atoms in total. The lowest BCUT2D eigenvalue weighted by Gasteiger charge is -2.43. The third kappa shape index (κ3) is 4.72. The minimum Gasteiger partial charge on any atom is -0.477 e. The van der Waals surface area contributed by atoms with Crippen LogP contribution in [-0.4, -0.2) is 58.7 Å². The Balaban J connectivity index is 1.44. The highest BCUT2D eigenvalue weighted by molar-refractivity contribution is 7.12. The molecule has 0 radical (unpaired) electrons. The van der Waals surface area contributed by atoms with Crippen LogP contribution in [-0.2, 0) is 21.4 Å². The van der Waals surface area contributed by atoms with Crippen LogP contribution in [0.25, 0.3) is 5.70 Å². The molecule has 1 amide bonds. The van der Waals surface area contributed by atoms with Crippen molar-refractivity contribution in [1.29, 1.82) is 0 Å². The molecule has 1 saturated heterocycles. The summed E-state index contributed by atoms with van der Waals surface area (Å²) >= 11 is 2.80. The number of halogens is 1. The van der Waals surface area contributed by atoms with Crippen LogP contribution in [0.5, 0.6) is 0 Å². The number of allylic oxidation sites excluding steroid dienone is 5. The number of carboxylic acid groups (broad SMARTS) is 1. The summed E-state index contributed by atoms with van der Waals surface area (Å²) in [6.07, 6.45) is 9.08. The number of thiophene rings is 2. The van der Waals surface area contributed by atoms with Crippen LogP contribution in [0.15, 0.2) is 94.3 Å². The van der Waals surface area contributed by atoms with Crippen molar-refractivity contribution in [3.8, 4) is 0 Å². The molecular formula is C31H26FN3O4S2. The number of hydrogen-bond acceptors (Lipinski definition) is 7. The molecule has 0 spiro atoms. The Hall–Kier alpha value is -4.28. The molecule has 1 aliphatic carbocycles. The fourth-order valence-corrected chi connectivity index (χ4v) is 7.37. The predicted octanol–water partition coefficient (Wildman–Crippen LogP) is 4.82. The van der Waals surface area contributed by atoms with Crippen molar-refractivity contribution < 1.29 is 23.9 Å². The molecule has 6 rings (SSSR count). The molecule has 0 saturated carbocycles. The minimum atomic E-state index is -1.37. The first-order chi connectivity index (χ1) is 19.9. The van der Waals surface area contributed by atoms with E-state index >= 15 is 0 Å². The molecule has 1 aromatic carbocycles. The van der Waals surface area contributed by atoms with E-state index in [2.05, 4.69) is 5.32 Å². The van der Waals surface area contributed by atoms with Crippen LogP contribution in [0.2, 0.25) is 0 Å². The first kappa shape index (κ1) is 26.9. The summed E-state index contributed by atoms with van der Waals surface area (Å²) in [6, 6.07) is 9.58. The van der Waals surface area contributed by atoms with Gasteiger partial charge in [0.2, 0.25) is 0 Å². The molecule has 1 fully saturated rings. The van der Waals surface area contributed by atoms with Gasteiger partial charge in [0.15, 0.2) is 5.78 Å². The summed E-state index contributed by atoms with van der Waals surface area (Å²) < 4.78 is 13.8. The average Bonchev–Trinajstić information content (AvgIpc) is 3.63. The van der Waals surface area contributed by atoms with Gasteiger partial charge in [-0.05, 0) is 58.7 Å². The van der Waals surface area contributed by atoms with Crippen molar-refractivity contribution in [2.24, 2.45) is 0 Å². The summed E-state index contributed by atoms with van der Waals surface area (Å²) in [5.74, 6) is -2.27. The van der Waals surface area contributed by atoms with Gasteiger partial charge in [0.25, 0.3) is 5.91 Å². The normalized spacial score (nSPS) is 20.4. The Morgan fingerprint density at radius 2 is 1.80 bits per heavy atom. The highest BCUT2D eigenvalue weighted by Crippen LogP contribution is 2.49. The Morgan fingerprint density at radius 3 is 2.51 bits per heavy atom. The highest BCUT2D eigenvalue weighted by Gasteiger charge is 2.53. The summed E-state index contributed by atoms with van der Waals surface area (Å²) in [7, 11) is 0. The molecule has 41 heavy (non-hydrogen) atoms. The fourth-order valence-electron chi connectivity index (χ4n) is 5.77. The lowest BCUT2D eigenvalue weighted by atomic mass is 9.64. The minimum absolute atomic E-state index is 0.0474. The highest BCUT2D eigenvalue weighted by atomic mass is 32.1. The molecule has 2 aliphatic heterocycles. The van der Waals surface area contributed by atoms with E-state index in [1.165, 1.54) is 34.8 Å². The van der Waals surface area contributed by atoms with E-state index in [0.717, 1.165) is 0 Å². The summed E-state index contributed by atoms with van der Waals surface area (Å²) in [5, 5.41) is 19.4. The molecule has 3 aromatic rings. The SMILES string of the molecule is O=C(O)C1=C(N2CCN(C(=O)c3cccs3)CC2)c2cscc2C(Cc2ccc(F)cc2)(C2=CC=CC=CN2)C1=O. The molecule has 0 bridgehead atoms. The fraction of sp³-hybridized carbons (Fsp3) is 0.194. The number of Topliss-reactive ketones (excluding diaryl/α,β-unsaturated/α-hetero) is 1. The zero-order valence-corrected chi connectivity index (χ0v) is 23.5. The molecule has 10 heteroatoms. The van der Waals surface area contributed by atoms with E-state index in [9.17, 15) is 23.9 Å². The van der Waals surface area contributed by atoms with Crippen molar-refractivity contribution in [3.63, 3.8) is 0 Å². The number of nitrogens with zero attached hydrogens (tertiary/aromatic N) is 2. The van der Waals surface area contributed by atoms with Gasteiger partial charge in [-0.2, -0.15) is 11.3 Å². The molecule has 4 heterocycles. The number of carboxylic acids is 1. The maximum Gasteiger partial charge on any atom is 0.341 e. The summed E-state index contributed by atoms with van der Waals surface area (Å²) in [6.45, 7) is 1.60. The third-order valence-electron chi connectivity index (χ3n) is 7.72. The van der Waals surface area contributed by atoms with Crippen LogP contribution >= 0.6 is 22.7 Å².